The van der Waals surface area contributed by atoms with Gasteiger partial charge in [-0.05, 0) is 12.0 Å². The molecule has 0 radical (unpaired) electrons. The molecule has 0 saturated carbocycles. The average Bonchev–Trinajstić information content (AvgIpc) is 2.43. The highest BCUT2D eigenvalue weighted by molar-refractivity contribution is 9.12. The molecular weight excluding hydrogens is 392 g/mol. The van der Waals surface area contributed by atoms with Crippen LogP contribution in [0.2, 0.25) is 0 Å². The molecule has 7 heteroatoms. The van der Waals surface area contributed by atoms with E-state index in [4.69, 9.17) is 0 Å². The zero-order valence-corrected chi connectivity index (χ0v) is 13.5. The van der Waals surface area contributed by atoms with Gasteiger partial charge >= 0.3 is 6.03 Å². The van der Waals surface area contributed by atoms with Crippen LogP contribution in [-0.2, 0) is 15.0 Å². The molecule has 1 aromatic carbocycles. The number of benzene rings is 1. The normalized spacial score (nSPS) is 19.2. The third-order valence-corrected chi connectivity index (χ3v) is 5.49. The number of urea groups is 1. The first-order valence-corrected chi connectivity index (χ1v) is 7.97. The number of rotatable bonds is 4. The fourth-order valence-electron chi connectivity index (χ4n) is 2.23. The number of hydrogen-bond acceptors (Lipinski definition) is 3. The maximum Gasteiger partial charge on any atom is 0.328 e. The van der Waals surface area contributed by atoms with Crippen LogP contribution >= 0.6 is 31.9 Å². The lowest BCUT2D eigenvalue weighted by Gasteiger charge is -2.35. The summed E-state index contributed by atoms with van der Waals surface area (Å²) in [7, 11) is 0. The predicted molar refractivity (Wildman–Crippen MR) is 80.9 cm³/mol. The van der Waals surface area contributed by atoms with Crippen LogP contribution in [0.1, 0.15) is 12.0 Å². The molecule has 2 N–H and O–H groups in total. The molecule has 0 spiro atoms. The van der Waals surface area contributed by atoms with Crippen molar-refractivity contribution in [1.82, 2.24) is 10.6 Å². The summed E-state index contributed by atoms with van der Waals surface area (Å²) < 4.78 is 0. The zero-order valence-electron chi connectivity index (χ0n) is 10.4. The standard InChI is InChI=1S/C13H12Br2N2O3/c14-7-9(15)6-13(8-4-2-1-3-5-8)10(18)16-12(20)17-11(13)19/h1-5,9H,6-7H2,(H2,16,17,18,19,20)/t9-/m1/s1. The van der Waals surface area contributed by atoms with Crippen LogP contribution in [0, 0.1) is 0 Å². The molecule has 20 heavy (non-hydrogen) atoms. The smallest absolute Gasteiger partial charge is 0.277 e. The first-order valence-electron chi connectivity index (χ1n) is 5.93. The minimum absolute atomic E-state index is 0.0904. The highest BCUT2D eigenvalue weighted by atomic mass is 79.9. The third kappa shape index (κ3) is 2.64. The Morgan fingerprint density at radius 2 is 1.60 bits per heavy atom. The molecule has 1 saturated heterocycles. The summed E-state index contributed by atoms with van der Waals surface area (Å²) in [6.07, 6.45) is 0.243. The number of halogens is 2. The maximum atomic E-state index is 12.4. The van der Waals surface area contributed by atoms with Crippen molar-refractivity contribution in [3.63, 3.8) is 0 Å². The largest absolute Gasteiger partial charge is 0.328 e. The lowest BCUT2D eigenvalue weighted by atomic mass is 9.74. The second-order valence-corrected chi connectivity index (χ2v) is 6.41. The van der Waals surface area contributed by atoms with Gasteiger partial charge in [0.25, 0.3) is 0 Å². The van der Waals surface area contributed by atoms with Gasteiger partial charge in [-0.2, -0.15) is 0 Å². The van der Waals surface area contributed by atoms with Crippen molar-refractivity contribution >= 4 is 49.7 Å². The summed E-state index contributed by atoms with van der Waals surface area (Å²) in [4.78, 5) is 35.9. The number of carbonyl (C=O) groups is 3. The third-order valence-electron chi connectivity index (χ3n) is 3.19. The van der Waals surface area contributed by atoms with Crippen molar-refractivity contribution in [3.8, 4) is 0 Å². The van der Waals surface area contributed by atoms with E-state index in [-0.39, 0.29) is 11.2 Å². The van der Waals surface area contributed by atoms with Gasteiger partial charge in [-0.3, -0.25) is 20.2 Å². The molecule has 1 atom stereocenters. The Morgan fingerprint density at radius 3 is 2.10 bits per heavy atom. The molecule has 0 aromatic heterocycles. The molecular formula is C13H12Br2N2O3. The molecule has 1 heterocycles. The van der Waals surface area contributed by atoms with Crippen molar-refractivity contribution in [3.05, 3.63) is 35.9 Å². The molecule has 1 aromatic rings. The quantitative estimate of drug-likeness (QED) is 0.594. The van der Waals surface area contributed by atoms with Gasteiger partial charge in [0.05, 0.1) is 0 Å². The Balaban J connectivity index is 2.51. The first-order chi connectivity index (χ1) is 9.50. The van der Waals surface area contributed by atoms with Crippen molar-refractivity contribution < 1.29 is 14.4 Å². The minimum atomic E-state index is -1.41. The number of imide groups is 2. The monoisotopic (exact) mass is 402 g/mol. The minimum Gasteiger partial charge on any atom is -0.277 e. The van der Waals surface area contributed by atoms with E-state index in [0.717, 1.165) is 0 Å². The van der Waals surface area contributed by atoms with Gasteiger partial charge in [0, 0.05) is 10.2 Å². The van der Waals surface area contributed by atoms with Gasteiger partial charge in [0.15, 0.2) is 5.41 Å². The molecule has 2 rings (SSSR count). The molecule has 0 bridgehead atoms. The lowest BCUT2D eigenvalue weighted by Crippen LogP contribution is -2.65. The fourth-order valence-corrected chi connectivity index (χ4v) is 2.94. The number of barbiturate groups is 1. The zero-order chi connectivity index (χ0) is 14.8. The van der Waals surface area contributed by atoms with Gasteiger partial charge < -0.3 is 0 Å². The second kappa shape index (κ2) is 6.05. The van der Waals surface area contributed by atoms with Crippen LogP contribution in [0.15, 0.2) is 30.3 Å². The van der Waals surface area contributed by atoms with Crippen molar-refractivity contribution in [2.24, 2.45) is 0 Å². The highest BCUT2D eigenvalue weighted by Gasteiger charge is 2.52. The van der Waals surface area contributed by atoms with E-state index in [1.807, 2.05) is 0 Å². The number of alkyl halides is 2. The summed E-state index contributed by atoms with van der Waals surface area (Å²) >= 11 is 6.74. The van der Waals surface area contributed by atoms with Crippen LogP contribution < -0.4 is 10.6 Å². The predicted octanol–water partition coefficient (Wildman–Crippen LogP) is 1.84. The molecule has 106 valence electrons. The topological polar surface area (TPSA) is 75.3 Å². The van der Waals surface area contributed by atoms with Crippen LogP contribution in [-0.4, -0.2) is 28.0 Å². The Morgan fingerprint density at radius 1 is 1.05 bits per heavy atom. The van der Waals surface area contributed by atoms with Gasteiger partial charge in [-0.1, -0.05) is 62.2 Å². The summed E-state index contributed by atoms with van der Waals surface area (Å²) in [5.74, 6) is -1.19. The maximum absolute atomic E-state index is 12.4. The first kappa shape index (κ1) is 15.2. The Kier molecular flexibility index (Phi) is 4.59. The van der Waals surface area contributed by atoms with E-state index in [1.54, 1.807) is 30.3 Å². The SMILES string of the molecule is O=C1NC(=O)C(C[C@@H](Br)CBr)(c2ccccc2)C(=O)N1. The number of amides is 4. The molecule has 4 amide bonds. The van der Waals surface area contributed by atoms with E-state index in [1.165, 1.54) is 0 Å². The van der Waals surface area contributed by atoms with Crippen molar-refractivity contribution in [2.45, 2.75) is 16.7 Å². The van der Waals surface area contributed by atoms with E-state index < -0.39 is 23.3 Å². The van der Waals surface area contributed by atoms with E-state index in [0.29, 0.717) is 10.9 Å². The summed E-state index contributed by atoms with van der Waals surface area (Å²) in [5, 5.41) is 4.94. The van der Waals surface area contributed by atoms with Gasteiger partial charge in [0.1, 0.15) is 0 Å². The fraction of sp³-hybridized carbons (Fsp3) is 0.308. The van der Waals surface area contributed by atoms with Gasteiger partial charge in [0.2, 0.25) is 11.8 Å². The second-order valence-electron chi connectivity index (χ2n) is 4.46. The molecule has 5 nitrogen and oxygen atoms in total. The molecule has 0 unspecified atom stereocenters. The molecule has 1 fully saturated rings. The summed E-state index contributed by atoms with van der Waals surface area (Å²) in [5.41, 5.74) is -0.843. The van der Waals surface area contributed by atoms with Crippen LogP contribution in [0.5, 0.6) is 0 Å². The van der Waals surface area contributed by atoms with Gasteiger partial charge in [-0.15, -0.1) is 0 Å². The number of nitrogens with one attached hydrogen (secondary N) is 2. The highest BCUT2D eigenvalue weighted by Crippen LogP contribution is 2.34. The van der Waals surface area contributed by atoms with Crippen LogP contribution in [0.25, 0.3) is 0 Å². The molecule has 1 aliphatic rings. The molecule has 0 aliphatic carbocycles. The number of hydrogen-bond donors (Lipinski definition) is 2. The van der Waals surface area contributed by atoms with Crippen molar-refractivity contribution in [2.75, 3.05) is 5.33 Å². The van der Waals surface area contributed by atoms with Crippen molar-refractivity contribution in [1.29, 1.82) is 0 Å². The summed E-state index contributed by atoms with van der Waals surface area (Å²) in [6.45, 7) is 0. The summed E-state index contributed by atoms with van der Waals surface area (Å²) in [6, 6.07) is 7.95. The average molecular weight is 404 g/mol. The Hall–Kier alpha value is -1.21. The van der Waals surface area contributed by atoms with E-state index in [9.17, 15) is 14.4 Å². The Labute approximate surface area is 132 Å². The van der Waals surface area contributed by atoms with Crippen LogP contribution in [0.4, 0.5) is 4.79 Å². The lowest BCUT2D eigenvalue weighted by molar-refractivity contribution is -0.138. The van der Waals surface area contributed by atoms with E-state index >= 15 is 0 Å². The van der Waals surface area contributed by atoms with Crippen LogP contribution in [0.3, 0.4) is 0 Å². The van der Waals surface area contributed by atoms with E-state index in [2.05, 4.69) is 42.5 Å². The molecule has 1 aliphatic heterocycles. The Bertz CT molecular complexity index is 528. The van der Waals surface area contributed by atoms with Gasteiger partial charge in [-0.25, -0.2) is 4.79 Å². The number of carbonyl (C=O) groups excluding carboxylic acids is 3.